The van der Waals surface area contributed by atoms with Gasteiger partial charge in [-0.25, -0.2) is 4.98 Å². The lowest BCUT2D eigenvalue weighted by molar-refractivity contribution is 0.111. The summed E-state index contributed by atoms with van der Waals surface area (Å²) in [5.74, 6) is 0. The van der Waals surface area contributed by atoms with Gasteiger partial charge in [0.2, 0.25) is 4.96 Å². The summed E-state index contributed by atoms with van der Waals surface area (Å²) in [7, 11) is 0. The second-order valence-corrected chi connectivity index (χ2v) is 7.27. The molecule has 0 fully saturated rings. The number of rotatable bonds is 2. The molecule has 5 heteroatoms. The summed E-state index contributed by atoms with van der Waals surface area (Å²) in [4.78, 5) is 16.7. The number of aryl methyl sites for hydroxylation is 1. The van der Waals surface area contributed by atoms with Crippen molar-refractivity contribution in [1.82, 2.24) is 14.6 Å². The van der Waals surface area contributed by atoms with Crippen molar-refractivity contribution in [3.05, 3.63) is 40.5 Å². The van der Waals surface area contributed by atoms with Gasteiger partial charge in [-0.2, -0.15) is 9.61 Å². The number of benzene rings is 1. The highest BCUT2D eigenvalue weighted by atomic mass is 32.1. The number of aldehydes is 1. The topological polar surface area (TPSA) is 47.3 Å². The molecule has 0 aliphatic heterocycles. The molecule has 2 aromatic heterocycles. The maximum absolute atomic E-state index is 11.4. The van der Waals surface area contributed by atoms with Crippen molar-refractivity contribution in [2.45, 2.75) is 33.1 Å². The van der Waals surface area contributed by atoms with Crippen molar-refractivity contribution in [1.29, 1.82) is 0 Å². The lowest BCUT2D eigenvalue weighted by atomic mass is 9.86. The first kappa shape index (κ1) is 13.9. The molecule has 0 aliphatic carbocycles. The molecule has 0 aliphatic rings. The van der Waals surface area contributed by atoms with Crippen LogP contribution in [0.4, 0.5) is 0 Å². The maximum atomic E-state index is 11.4. The van der Waals surface area contributed by atoms with Gasteiger partial charge in [-0.05, 0) is 17.9 Å². The van der Waals surface area contributed by atoms with Gasteiger partial charge in [0.05, 0.1) is 0 Å². The molecule has 0 N–H and O–H groups in total. The molecule has 3 aromatic rings. The fraction of sp³-hybridized carbons (Fsp3) is 0.312. The number of imidazole rings is 1. The van der Waals surface area contributed by atoms with Crippen molar-refractivity contribution in [3.8, 4) is 11.3 Å². The largest absolute Gasteiger partial charge is 0.296 e. The zero-order valence-corrected chi connectivity index (χ0v) is 13.4. The van der Waals surface area contributed by atoms with Crippen LogP contribution in [0, 0.1) is 6.92 Å². The third-order valence-corrected chi connectivity index (χ3v) is 4.30. The average molecular weight is 299 g/mol. The van der Waals surface area contributed by atoms with Crippen molar-refractivity contribution < 1.29 is 4.79 Å². The fourth-order valence-electron chi connectivity index (χ4n) is 2.31. The summed E-state index contributed by atoms with van der Waals surface area (Å²) in [5.41, 5.74) is 3.52. The summed E-state index contributed by atoms with van der Waals surface area (Å²) >= 11 is 1.49. The minimum atomic E-state index is 0.110. The quantitative estimate of drug-likeness (QED) is 0.675. The molecule has 21 heavy (non-hydrogen) atoms. The van der Waals surface area contributed by atoms with Crippen molar-refractivity contribution in [3.63, 3.8) is 0 Å². The van der Waals surface area contributed by atoms with Crippen LogP contribution >= 0.6 is 11.3 Å². The Morgan fingerprint density at radius 3 is 2.43 bits per heavy atom. The third kappa shape index (κ3) is 2.38. The van der Waals surface area contributed by atoms with Gasteiger partial charge in [0.25, 0.3) is 0 Å². The molecular formula is C16H17N3OS. The molecule has 2 heterocycles. The molecule has 0 bridgehead atoms. The van der Waals surface area contributed by atoms with Crippen LogP contribution in [0.2, 0.25) is 0 Å². The zero-order valence-electron chi connectivity index (χ0n) is 12.5. The van der Waals surface area contributed by atoms with Gasteiger partial charge in [0.1, 0.15) is 16.4 Å². The standard InChI is InChI=1S/C16H17N3OS/c1-10-18-19-13(9-20)14(17-15(19)21-10)11-5-7-12(8-6-11)16(2,3)4/h5-9H,1-4H3. The molecule has 3 rings (SSSR count). The van der Waals surface area contributed by atoms with Crippen LogP contribution in [0.1, 0.15) is 41.8 Å². The van der Waals surface area contributed by atoms with E-state index in [9.17, 15) is 4.79 Å². The van der Waals surface area contributed by atoms with Gasteiger partial charge >= 0.3 is 0 Å². The van der Waals surface area contributed by atoms with Gasteiger partial charge in [0, 0.05) is 5.56 Å². The molecule has 0 unspecified atom stereocenters. The maximum Gasteiger partial charge on any atom is 0.213 e. The van der Waals surface area contributed by atoms with E-state index in [0.29, 0.717) is 11.4 Å². The van der Waals surface area contributed by atoms with Crippen LogP contribution in [0.5, 0.6) is 0 Å². The number of aromatic nitrogens is 3. The number of hydrogen-bond donors (Lipinski definition) is 0. The number of hydrogen-bond acceptors (Lipinski definition) is 4. The van der Waals surface area contributed by atoms with Crippen molar-refractivity contribution in [2.24, 2.45) is 0 Å². The highest BCUT2D eigenvalue weighted by Crippen LogP contribution is 2.28. The van der Waals surface area contributed by atoms with E-state index >= 15 is 0 Å². The van der Waals surface area contributed by atoms with Crippen LogP contribution < -0.4 is 0 Å². The van der Waals surface area contributed by atoms with E-state index in [4.69, 9.17) is 0 Å². The second kappa shape index (κ2) is 4.77. The number of carbonyl (C=O) groups excluding carboxylic acids is 1. The van der Waals surface area contributed by atoms with Gasteiger partial charge in [-0.3, -0.25) is 4.79 Å². The molecule has 0 amide bonds. The van der Waals surface area contributed by atoms with Crippen LogP contribution in [0.15, 0.2) is 24.3 Å². The van der Waals surface area contributed by atoms with E-state index < -0.39 is 0 Å². The molecule has 0 saturated heterocycles. The molecule has 0 saturated carbocycles. The Bertz CT molecular complexity index is 807. The van der Waals surface area contributed by atoms with Crippen molar-refractivity contribution in [2.75, 3.05) is 0 Å². The minimum Gasteiger partial charge on any atom is -0.296 e. The Labute approximate surface area is 127 Å². The summed E-state index contributed by atoms with van der Waals surface area (Å²) in [6.07, 6.45) is 0.826. The van der Waals surface area contributed by atoms with Crippen LogP contribution in [-0.4, -0.2) is 20.9 Å². The van der Waals surface area contributed by atoms with Crippen LogP contribution in [-0.2, 0) is 5.41 Å². The van der Waals surface area contributed by atoms with E-state index in [-0.39, 0.29) is 5.41 Å². The Balaban J connectivity index is 2.11. The van der Waals surface area contributed by atoms with E-state index in [2.05, 4.69) is 43.0 Å². The summed E-state index contributed by atoms with van der Waals surface area (Å²) in [6, 6.07) is 8.23. The molecule has 0 spiro atoms. The van der Waals surface area contributed by atoms with Gasteiger partial charge in [-0.15, -0.1) is 0 Å². The van der Waals surface area contributed by atoms with Gasteiger partial charge in [-0.1, -0.05) is 56.4 Å². The van der Waals surface area contributed by atoms with E-state index in [0.717, 1.165) is 21.8 Å². The van der Waals surface area contributed by atoms with E-state index in [1.165, 1.54) is 16.9 Å². The minimum absolute atomic E-state index is 0.110. The Morgan fingerprint density at radius 2 is 1.86 bits per heavy atom. The smallest absolute Gasteiger partial charge is 0.213 e. The number of nitrogens with zero attached hydrogens (tertiary/aromatic N) is 3. The van der Waals surface area contributed by atoms with Crippen LogP contribution in [0.3, 0.4) is 0 Å². The fourth-order valence-corrected chi connectivity index (χ4v) is 3.06. The molecule has 0 radical (unpaired) electrons. The van der Waals surface area contributed by atoms with E-state index in [1.807, 2.05) is 19.1 Å². The second-order valence-electron chi connectivity index (χ2n) is 6.11. The molecule has 0 atom stereocenters. The van der Waals surface area contributed by atoms with E-state index in [1.54, 1.807) is 4.52 Å². The normalized spacial score (nSPS) is 12.0. The molecule has 108 valence electrons. The lowest BCUT2D eigenvalue weighted by Gasteiger charge is -2.18. The Hall–Kier alpha value is -2.01. The summed E-state index contributed by atoms with van der Waals surface area (Å²) in [6.45, 7) is 8.44. The Morgan fingerprint density at radius 1 is 1.19 bits per heavy atom. The number of fused-ring (bicyclic) bond motifs is 1. The monoisotopic (exact) mass is 299 g/mol. The van der Waals surface area contributed by atoms with Crippen LogP contribution in [0.25, 0.3) is 16.2 Å². The summed E-state index contributed by atoms with van der Waals surface area (Å²) in [5, 5.41) is 5.23. The van der Waals surface area contributed by atoms with Crippen molar-refractivity contribution >= 4 is 22.6 Å². The highest BCUT2D eigenvalue weighted by Gasteiger charge is 2.18. The predicted molar refractivity (Wildman–Crippen MR) is 85.1 cm³/mol. The van der Waals surface area contributed by atoms with Gasteiger partial charge in [0.15, 0.2) is 6.29 Å². The first-order valence-corrected chi connectivity index (χ1v) is 7.64. The average Bonchev–Trinajstić information content (AvgIpc) is 2.93. The van der Waals surface area contributed by atoms with Gasteiger partial charge < -0.3 is 0 Å². The molecule has 1 aromatic carbocycles. The zero-order chi connectivity index (χ0) is 15.2. The molecule has 4 nitrogen and oxygen atoms in total. The highest BCUT2D eigenvalue weighted by molar-refractivity contribution is 7.16. The summed E-state index contributed by atoms with van der Waals surface area (Å²) < 4.78 is 1.63. The molecular weight excluding hydrogens is 282 g/mol. The Kier molecular flexibility index (Phi) is 3.17. The SMILES string of the molecule is Cc1nn2c(C=O)c(-c3ccc(C(C)(C)C)cc3)nc2s1. The predicted octanol–water partition coefficient (Wildman–Crippen LogP) is 3.88. The first-order valence-electron chi connectivity index (χ1n) is 6.82. The first-order chi connectivity index (χ1) is 9.90. The lowest BCUT2D eigenvalue weighted by Crippen LogP contribution is -2.10. The third-order valence-electron chi connectivity index (χ3n) is 3.48. The number of carbonyl (C=O) groups is 1.